The Labute approximate surface area is 127 Å². The Hall–Kier alpha value is -1.83. The minimum atomic E-state index is -0.541. The molecule has 2 rings (SSSR count). The molecule has 1 saturated heterocycles. The third-order valence-electron chi connectivity index (χ3n) is 3.26. The fourth-order valence-electron chi connectivity index (χ4n) is 2.43. The van der Waals surface area contributed by atoms with Gasteiger partial charge < -0.3 is 10.2 Å². The summed E-state index contributed by atoms with van der Waals surface area (Å²) in [6.45, 7) is 5.43. The van der Waals surface area contributed by atoms with E-state index in [9.17, 15) is 14.9 Å². The van der Waals surface area contributed by atoms with Crippen LogP contribution in [0.25, 0.3) is 0 Å². The molecule has 1 amide bonds. The van der Waals surface area contributed by atoms with Crippen molar-refractivity contribution in [1.29, 1.82) is 0 Å². The van der Waals surface area contributed by atoms with Gasteiger partial charge in [-0.2, -0.15) is 11.8 Å². The maximum Gasteiger partial charge on any atom is 0.288 e. The van der Waals surface area contributed by atoms with E-state index in [1.807, 2.05) is 11.8 Å². The SMILES string of the molecule is CNc1ncc([N+](=O)[O-])cc1C(=O)N1CC(C)SC(C)C1. The fourth-order valence-corrected chi connectivity index (χ4v) is 3.76. The Morgan fingerprint density at radius 1 is 1.48 bits per heavy atom. The highest BCUT2D eigenvalue weighted by Gasteiger charge is 2.29. The van der Waals surface area contributed by atoms with Gasteiger partial charge in [-0.15, -0.1) is 0 Å². The van der Waals surface area contributed by atoms with E-state index in [-0.39, 0.29) is 17.2 Å². The summed E-state index contributed by atoms with van der Waals surface area (Å²) < 4.78 is 0. The van der Waals surface area contributed by atoms with Crippen molar-refractivity contribution >= 4 is 29.2 Å². The van der Waals surface area contributed by atoms with Gasteiger partial charge in [-0.1, -0.05) is 13.8 Å². The molecule has 1 aromatic rings. The molecule has 0 radical (unpaired) electrons. The van der Waals surface area contributed by atoms with Gasteiger partial charge in [0.2, 0.25) is 0 Å². The zero-order valence-electron chi connectivity index (χ0n) is 12.2. The van der Waals surface area contributed by atoms with Crippen molar-refractivity contribution in [2.45, 2.75) is 24.3 Å². The van der Waals surface area contributed by atoms with E-state index in [0.717, 1.165) is 6.20 Å². The Morgan fingerprint density at radius 3 is 2.62 bits per heavy atom. The van der Waals surface area contributed by atoms with Gasteiger partial charge in [0.05, 0.1) is 10.5 Å². The molecule has 1 fully saturated rings. The lowest BCUT2D eigenvalue weighted by Gasteiger charge is -2.34. The molecular formula is C13H18N4O3S. The second-order valence-corrected chi connectivity index (χ2v) is 6.95. The topological polar surface area (TPSA) is 88.4 Å². The van der Waals surface area contributed by atoms with Crippen molar-refractivity contribution in [1.82, 2.24) is 9.88 Å². The van der Waals surface area contributed by atoms with E-state index in [4.69, 9.17) is 0 Å². The summed E-state index contributed by atoms with van der Waals surface area (Å²) in [5.41, 5.74) is 0.0721. The molecule has 1 aliphatic rings. The number of aromatic nitrogens is 1. The second kappa shape index (κ2) is 6.30. The number of anilines is 1. The highest BCUT2D eigenvalue weighted by Crippen LogP contribution is 2.27. The lowest BCUT2D eigenvalue weighted by Crippen LogP contribution is -2.44. The van der Waals surface area contributed by atoms with Crippen LogP contribution in [0.3, 0.4) is 0 Å². The third kappa shape index (κ3) is 3.44. The van der Waals surface area contributed by atoms with Gasteiger partial charge in [-0.05, 0) is 0 Å². The zero-order chi connectivity index (χ0) is 15.6. The normalized spacial score (nSPS) is 22.0. The molecule has 8 heteroatoms. The summed E-state index contributed by atoms with van der Waals surface area (Å²) in [6.07, 6.45) is 1.15. The minimum absolute atomic E-state index is 0.176. The largest absolute Gasteiger partial charge is 0.372 e. The quantitative estimate of drug-likeness (QED) is 0.678. The van der Waals surface area contributed by atoms with E-state index in [2.05, 4.69) is 24.1 Å². The van der Waals surface area contributed by atoms with E-state index < -0.39 is 4.92 Å². The molecule has 1 aromatic heterocycles. The number of carbonyl (C=O) groups is 1. The lowest BCUT2D eigenvalue weighted by molar-refractivity contribution is -0.385. The third-order valence-corrected chi connectivity index (χ3v) is 4.49. The van der Waals surface area contributed by atoms with Crippen LogP contribution in [-0.4, -0.2) is 51.4 Å². The zero-order valence-corrected chi connectivity index (χ0v) is 13.0. The Bertz CT molecular complexity index is 556. The average Bonchev–Trinajstić information content (AvgIpc) is 2.44. The van der Waals surface area contributed by atoms with Gasteiger partial charge in [0.1, 0.15) is 12.0 Å². The monoisotopic (exact) mass is 310 g/mol. The number of nitro groups is 1. The predicted octanol–water partition coefficient (Wildman–Crippen LogP) is 2.00. The van der Waals surface area contributed by atoms with Crippen LogP contribution in [0.2, 0.25) is 0 Å². The Balaban J connectivity index is 2.32. The van der Waals surface area contributed by atoms with Crippen molar-refractivity contribution in [2.24, 2.45) is 0 Å². The Morgan fingerprint density at radius 2 is 2.10 bits per heavy atom. The minimum Gasteiger partial charge on any atom is -0.372 e. The predicted molar refractivity (Wildman–Crippen MR) is 82.9 cm³/mol. The van der Waals surface area contributed by atoms with E-state index in [0.29, 0.717) is 29.4 Å². The lowest BCUT2D eigenvalue weighted by atomic mass is 10.2. The average molecular weight is 310 g/mol. The number of amides is 1. The number of hydrogen-bond acceptors (Lipinski definition) is 6. The fraction of sp³-hybridized carbons (Fsp3) is 0.538. The maximum absolute atomic E-state index is 12.7. The van der Waals surface area contributed by atoms with Crippen LogP contribution in [0, 0.1) is 10.1 Å². The standard InChI is InChI=1S/C13H18N4O3S/c1-8-6-16(7-9(2)21-8)13(18)11-4-10(17(19)20)5-15-12(11)14-3/h4-5,8-9H,6-7H2,1-3H3,(H,14,15). The summed E-state index contributed by atoms with van der Waals surface area (Å²) in [6, 6.07) is 1.29. The number of nitrogens with zero attached hydrogens (tertiary/aromatic N) is 3. The van der Waals surface area contributed by atoms with E-state index >= 15 is 0 Å². The number of rotatable bonds is 3. The molecule has 1 aliphatic heterocycles. The van der Waals surface area contributed by atoms with Crippen molar-refractivity contribution in [3.63, 3.8) is 0 Å². The van der Waals surface area contributed by atoms with Gasteiger partial charge in [-0.25, -0.2) is 4.98 Å². The highest BCUT2D eigenvalue weighted by atomic mass is 32.2. The Kier molecular flexibility index (Phi) is 4.66. The molecule has 7 nitrogen and oxygen atoms in total. The molecule has 21 heavy (non-hydrogen) atoms. The van der Waals surface area contributed by atoms with Gasteiger partial charge >= 0.3 is 0 Å². The summed E-state index contributed by atoms with van der Waals surface area (Å²) in [4.78, 5) is 28.7. The van der Waals surface area contributed by atoms with Crippen LogP contribution in [0.5, 0.6) is 0 Å². The second-order valence-electron chi connectivity index (χ2n) is 5.06. The molecule has 0 bridgehead atoms. The first kappa shape index (κ1) is 15.6. The van der Waals surface area contributed by atoms with E-state index in [1.165, 1.54) is 6.07 Å². The molecule has 1 N–H and O–H groups in total. The number of thioether (sulfide) groups is 1. The highest BCUT2D eigenvalue weighted by molar-refractivity contribution is 8.00. The van der Waals surface area contributed by atoms with Gasteiger partial charge in [0, 0.05) is 36.7 Å². The van der Waals surface area contributed by atoms with Gasteiger partial charge in [-0.3, -0.25) is 14.9 Å². The van der Waals surface area contributed by atoms with Crippen LogP contribution < -0.4 is 5.32 Å². The van der Waals surface area contributed by atoms with Crippen molar-refractivity contribution in [3.05, 3.63) is 27.9 Å². The molecule has 0 saturated carbocycles. The molecule has 0 aromatic carbocycles. The number of hydrogen-bond donors (Lipinski definition) is 1. The first-order valence-electron chi connectivity index (χ1n) is 6.69. The van der Waals surface area contributed by atoms with Crippen LogP contribution in [0.1, 0.15) is 24.2 Å². The van der Waals surface area contributed by atoms with Crippen LogP contribution >= 0.6 is 11.8 Å². The van der Waals surface area contributed by atoms with Crippen LogP contribution in [0.4, 0.5) is 11.5 Å². The number of pyridine rings is 1. The van der Waals surface area contributed by atoms with Gasteiger partial charge in [0.25, 0.3) is 11.6 Å². The summed E-state index contributed by atoms with van der Waals surface area (Å²) >= 11 is 1.84. The number of carbonyl (C=O) groups excluding carboxylic acids is 1. The molecule has 2 unspecified atom stereocenters. The first-order chi connectivity index (χ1) is 9.92. The molecule has 0 spiro atoms. The molecule has 2 heterocycles. The molecule has 2 atom stereocenters. The number of nitrogens with one attached hydrogen (secondary N) is 1. The molecule has 0 aliphatic carbocycles. The van der Waals surface area contributed by atoms with Crippen molar-refractivity contribution in [2.75, 3.05) is 25.5 Å². The summed E-state index contributed by atoms with van der Waals surface area (Å²) in [7, 11) is 1.64. The van der Waals surface area contributed by atoms with Crippen molar-refractivity contribution < 1.29 is 9.72 Å². The van der Waals surface area contributed by atoms with E-state index in [1.54, 1.807) is 11.9 Å². The molecule has 114 valence electrons. The first-order valence-corrected chi connectivity index (χ1v) is 7.63. The van der Waals surface area contributed by atoms with Crippen LogP contribution in [0.15, 0.2) is 12.3 Å². The maximum atomic E-state index is 12.7. The molecular weight excluding hydrogens is 292 g/mol. The van der Waals surface area contributed by atoms with Crippen molar-refractivity contribution in [3.8, 4) is 0 Å². The van der Waals surface area contributed by atoms with Gasteiger partial charge in [0.15, 0.2) is 0 Å². The summed E-state index contributed by atoms with van der Waals surface area (Å²) in [5, 5.41) is 14.4. The summed E-state index contributed by atoms with van der Waals surface area (Å²) in [5.74, 6) is 0.152. The smallest absolute Gasteiger partial charge is 0.288 e. The van der Waals surface area contributed by atoms with Crippen LogP contribution in [-0.2, 0) is 0 Å².